The topological polar surface area (TPSA) is 32.5 Å². The van der Waals surface area contributed by atoms with Gasteiger partial charge in [0.25, 0.3) is 0 Å². The number of halogens is 3. The molecule has 1 rings (SSSR count). The molecule has 1 fully saturated rings. The molecular formula is C9H18F3N3. The van der Waals surface area contributed by atoms with Crippen molar-refractivity contribution in [1.82, 2.24) is 9.80 Å². The van der Waals surface area contributed by atoms with Crippen LogP contribution in [0.15, 0.2) is 0 Å². The third kappa shape index (κ3) is 5.34. The van der Waals surface area contributed by atoms with Crippen molar-refractivity contribution in [1.29, 1.82) is 0 Å². The van der Waals surface area contributed by atoms with Gasteiger partial charge in [0.1, 0.15) is 0 Å². The van der Waals surface area contributed by atoms with Crippen molar-refractivity contribution in [2.75, 3.05) is 45.8 Å². The molecule has 0 unspecified atom stereocenters. The third-order valence-corrected chi connectivity index (χ3v) is 2.53. The summed E-state index contributed by atoms with van der Waals surface area (Å²) in [6, 6.07) is 0. The SMILES string of the molecule is NCCN1CCCN(CC(F)(F)F)CC1. The standard InChI is InChI=1S/C9H18F3N3/c10-9(11,12)8-15-4-1-3-14(5-2-13)6-7-15/h1-8,13H2. The summed E-state index contributed by atoms with van der Waals surface area (Å²) in [5.41, 5.74) is 5.41. The predicted molar refractivity (Wildman–Crippen MR) is 52.6 cm³/mol. The van der Waals surface area contributed by atoms with E-state index >= 15 is 0 Å². The molecule has 0 aromatic carbocycles. The Morgan fingerprint density at radius 2 is 1.60 bits per heavy atom. The molecule has 3 nitrogen and oxygen atoms in total. The third-order valence-electron chi connectivity index (χ3n) is 2.53. The zero-order valence-electron chi connectivity index (χ0n) is 8.76. The maximum absolute atomic E-state index is 12.1. The van der Waals surface area contributed by atoms with Crippen molar-refractivity contribution in [3.05, 3.63) is 0 Å². The molecule has 1 aliphatic heterocycles. The Labute approximate surface area is 88.0 Å². The van der Waals surface area contributed by atoms with Crippen LogP contribution in [0.2, 0.25) is 0 Å². The lowest BCUT2D eigenvalue weighted by atomic mass is 10.4. The summed E-state index contributed by atoms with van der Waals surface area (Å²) in [6.45, 7) is 3.11. The van der Waals surface area contributed by atoms with Crippen LogP contribution in [0, 0.1) is 0 Å². The Bertz CT molecular complexity index is 184. The highest BCUT2D eigenvalue weighted by Crippen LogP contribution is 2.17. The molecule has 0 spiro atoms. The van der Waals surface area contributed by atoms with Gasteiger partial charge in [0.05, 0.1) is 6.54 Å². The van der Waals surface area contributed by atoms with Gasteiger partial charge in [0.15, 0.2) is 0 Å². The summed E-state index contributed by atoms with van der Waals surface area (Å²) in [5.74, 6) is 0. The van der Waals surface area contributed by atoms with Gasteiger partial charge in [-0.3, -0.25) is 4.90 Å². The number of nitrogens with two attached hydrogens (primary N) is 1. The van der Waals surface area contributed by atoms with Crippen LogP contribution in [0.3, 0.4) is 0 Å². The van der Waals surface area contributed by atoms with Gasteiger partial charge < -0.3 is 10.6 Å². The average Bonchev–Trinajstić information content (AvgIpc) is 2.29. The van der Waals surface area contributed by atoms with Gasteiger partial charge in [-0.15, -0.1) is 0 Å². The molecule has 6 heteroatoms. The van der Waals surface area contributed by atoms with Crippen LogP contribution in [-0.2, 0) is 0 Å². The number of nitrogens with zero attached hydrogens (tertiary/aromatic N) is 2. The van der Waals surface area contributed by atoms with Crippen molar-refractivity contribution in [3.8, 4) is 0 Å². The molecular weight excluding hydrogens is 207 g/mol. The molecule has 90 valence electrons. The first-order valence-electron chi connectivity index (χ1n) is 5.23. The minimum atomic E-state index is -4.08. The maximum Gasteiger partial charge on any atom is 0.401 e. The van der Waals surface area contributed by atoms with Gasteiger partial charge in [-0.2, -0.15) is 13.2 Å². The first kappa shape index (κ1) is 12.7. The Balaban J connectivity index is 2.32. The van der Waals surface area contributed by atoms with Crippen LogP contribution >= 0.6 is 0 Å². The smallest absolute Gasteiger partial charge is 0.329 e. The Kier molecular flexibility index (Phi) is 4.82. The Morgan fingerprint density at radius 1 is 1.00 bits per heavy atom. The van der Waals surface area contributed by atoms with Crippen molar-refractivity contribution >= 4 is 0 Å². The van der Waals surface area contributed by atoms with Gasteiger partial charge in [-0.1, -0.05) is 0 Å². The number of hydrogen-bond acceptors (Lipinski definition) is 3. The van der Waals surface area contributed by atoms with E-state index in [-0.39, 0.29) is 0 Å². The summed E-state index contributed by atoms with van der Waals surface area (Å²) in [6.07, 6.45) is -3.29. The molecule has 1 saturated heterocycles. The maximum atomic E-state index is 12.1. The van der Waals surface area contributed by atoms with Gasteiger partial charge in [-0.05, 0) is 19.5 Å². The highest BCUT2D eigenvalue weighted by molar-refractivity contribution is 4.71. The van der Waals surface area contributed by atoms with E-state index in [1.54, 1.807) is 0 Å². The molecule has 0 bridgehead atoms. The zero-order valence-corrected chi connectivity index (χ0v) is 8.76. The van der Waals surface area contributed by atoms with Crippen LogP contribution in [0.5, 0.6) is 0 Å². The van der Waals surface area contributed by atoms with Gasteiger partial charge in [-0.25, -0.2) is 0 Å². The second-order valence-corrected chi connectivity index (χ2v) is 3.88. The fourth-order valence-corrected chi connectivity index (χ4v) is 1.84. The van der Waals surface area contributed by atoms with Crippen molar-refractivity contribution in [2.24, 2.45) is 5.73 Å². The summed E-state index contributed by atoms with van der Waals surface area (Å²) in [4.78, 5) is 3.59. The van der Waals surface area contributed by atoms with E-state index < -0.39 is 12.7 Å². The van der Waals surface area contributed by atoms with Gasteiger partial charge >= 0.3 is 6.18 Å². The quantitative estimate of drug-likeness (QED) is 0.760. The molecule has 0 aromatic heterocycles. The summed E-state index contributed by atoms with van der Waals surface area (Å²) in [5, 5.41) is 0. The number of hydrogen-bond donors (Lipinski definition) is 1. The van der Waals surface area contributed by atoms with Crippen LogP contribution in [0.25, 0.3) is 0 Å². The Hall–Kier alpha value is -0.330. The molecule has 0 aliphatic carbocycles. The summed E-state index contributed by atoms with van der Waals surface area (Å²) < 4.78 is 36.4. The first-order chi connectivity index (χ1) is 7.01. The lowest BCUT2D eigenvalue weighted by Gasteiger charge is -2.22. The fourth-order valence-electron chi connectivity index (χ4n) is 1.84. The predicted octanol–water partition coefficient (Wildman–Crippen LogP) is 0.515. The highest BCUT2D eigenvalue weighted by Gasteiger charge is 2.31. The second-order valence-electron chi connectivity index (χ2n) is 3.88. The van der Waals surface area contributed by atoms with Crippen LogP contribution in [-0.4, -0.2) is 61.8 Å². The molecule has 1 heterocycles. The minimum Gasteiger partial charge on any atom is -0.329 e. The Morgan fingerprint density at radius 3 is 2.20 bits per heavy atom. The largest absolute Gasteiger partial charge is 0.401 e. The van der Waals surface area contributed by atoms with E-state index in [2.05, 4.69) is 4.90 Å². The van der Waals surface area contributed by atoms with Crippen LogP contribution < -0.4 is 5.73 Å². The van der Waals surface area contributed by atoms with Gasteiger partial charge in [0, 0.05) is 26.2 Å². The summed E-state index contributed by atoms with van der Waals surface area (Å²) in [7, 11) is 0. The number of rotatable bonds is 3. The fraction of sp³-hybridized carbons (Fsp3) is 1.00. The van der Waals surface area contributed by atoms with E-state index in [0.29, 0.717) is 26.2 Å². The van der Waals surface area contributed by atoms with E-state index in [1.807, 2.05) is 0 Å². The molecule has 15 heavy (non-hydrogen) atoms. The lowest BCUT2D eigenvalue weighted by Crippen LogP contribution is -2.38. The monoisotopic (exact) mass is 225 g/mol. The average molecular weight is 225 g/mol. The first-order valence-corrected chi connectivity index (χ1v) is 5.23. The van der Waals surface area contributed by atoms with E-state index in [0.717, 1.165) is 19.5 Å². The molecule has 0 saturated carbocycles. The van der Waals surface area contributed by atoms with Crippen molar-refractivity contribution < 1.29 is 13.2 Å². The highest BCUT2D eigenvalue weighted by atomic mass is 19.4. The molecule has 0 aromatic rings. The molecule has 0 atom stereocenters. The van der Waals surface area contributed by atoms with Gasteiger partial charge in [0.2, 0.25) is 0 Å². The molecule has 0 radical (unpaired) electrons. The van der Waals surface area contributed by atoms with Crippen LogP contribution in [0.1, 0.15) is 6.42 Å². The lowest BCUT2D eigenvalue weighted by molar-refractivity contribution is -0.145. The van der Waals surface area contributed by atoms with Crippen molar-refractivity contribution in [3.63, 3.8) is 0 Å². The molecule has 1 aliphatic rings. The number of alkyl halides is 3. The molecule has 2 N–H and O–H groups in total. The normalized spacial score (nSPS) is 21.6. The van der Waals surface area contributed by atoms with Crippen molar-refractivity contribution in [2.45, 2.75) is 12.6 Å². The second kappa shape index (κ2) is 5.67. The van der Waals surface area contributed by atoms with E-state index in [9.17, 15) is 13.2 Å². The minimum absolute atomic E-state index is 0.486. The van der Waals surface area contributed by atoms with E-state index in [1.165, 1.54) is 4.90 Å². The zero-order chi connectivity index (χ0) is 11.3. The summed E-state index contributed by atoms with van der Waals surface area (Å²) >= 11 is 0. The van der Waals surface area contributed by atoms with E-state index in [4.69, 9.17) is 5.73 Å². The molecule has 0 amide bonds. The van der Waals surface area contributed by atoms with Crippen LogP contribution in [0.4, 0.5) is 13.2 Å².